The normalized spacial score (nSPS) is 10.4. The van der Waals surface area contributed by atoms with Gasteiger partial charge in [0, 0.05) is 23.6 Å². The van der Waals surface area contributed by atoms with Crippen LogP contribution in [0, 0.1) is 13.8 Å². The van der Waals surface area contributed by atoms with Crippen molar-refractivity contribution in [3.63, 3.8) is 0 Å². The highest BCUT2D eigenvalue weighted by Crippen LogP contribution is 2.13. The van der Waals surface area contributed by atoms with Crippen LogP contribution in [-0.4, -0.2) is 4.98 Å². The molecule has 2 aromatic rings. The molecule has 1 aromatic carbocycles. The third-order valence-electron chi connectivity index (χ3n) is 3.01. The van der Waals surface area contributed by atoms with Gasteiger partial charge in [0.15, 0.2) is 0 Å². The smallest absolute Gasteiger partial charge is 0.0400 e. The summed E-state index contributed by atoms with van der Waals surface area (Å²) in [5.74, 6) is 0. The topological polar surface area (TPSA) is 24.9 Å². The molecule has 0 radical (unpaired) electrons. The van der Waals surface area contributed by atoms with Crippen molar-refractivity contribution in [3.05, 3.63) is 58.9 Å². The van der Waals surface area contributed by atoms with Crippen molar-refractivity contribution in [1.29, 1.82) is 0 Å². The second kappa shape index (κ2) is 5.67. The van der Waals surface area contributed by atoms with Gasteiger partial charge >= 0.3 is 0 Å². The van der Waals surface area contributed by atoms with Crippen molar-refractivity contribution in [2.24, 2.45) is 0 Å². The lowest BCUT2D eigenvalue weighted by molar-refractivity contribution is 1.08. The molecule has 94 valence electrons. The second-order valence-electron chi connectivity index (χ2n) is 4.66. The molecule has 0 saturated heterocycles. The van der Waals surface area contributed by atoms with E-state index in [0.717, 1.165) is 30.0 Å². The van der Waals surface area contributed by atoms with Crippen LogP contribution in [0.15, 0.2) is 36.4 Å². The van der Waals surface area contributed by atoms with Gasteiger partial charge in [0.05, 0.1) is 0 Å². The van der Waals surface area contributed by atoms with Gasteiger partial charge in [-0.25, -0.2) is 0 Å². The number of aromatic nitrogens is 1. The van der Waals surface area contributed by atoms with Gasteiger partial charge in [-0.2, -0.15) is 0 Å². The molecule has 1 heterocycles. The van der Waals surface area contributed by atoms with Crippen LogP contribution in [0.25, 0.3) is 0 Å². The minimum Gasteiger partial charge on any atom is -0.381 e. The molecule has 2 nitrogen and oxygen atoms in total. The number of hydrogen-bond donors (Lipinski definition) is 1. The van der Waals surface area contributed by atoms with E-state index < -0.39 is 0 Å². The maximum Gasteiger partial charge on any atom is 0.0400 e. The highest BCUT2D eigenvalue weighted by molar-refractivity contribution is 5.45. The van der Waals surface area contributed by atoms with E-state index in [-0.39, 0.29) is 0 Å². The summed E-state index contributed by atoms with van der Waals surface area (Å²) in [6, 6.07) is 12.9. The quantitative estimate of drug-likeness (QED) is 0.877. The monoisotopic (exact) mass is 240 g/mol. The van der Waals surface area contributed by atoms with Crippen LogP contribution < -0.4 is 5.32 Å². The molecular weight excluding hydrogens is 220 g/mol. The van der Waals surface area contributed by atoms with Gasteiger partial charge in [-0.3, -0.25) is 4.98 Å². The van der Waals surface area contributed by atoms with Gasteiger partial charge in [-0.05, 0) is 43.5 Å². The van der Waals surface area contributed by atoms with E-state index in [4.69, 9.17) is 0 Å². The Bertz CT molecular complexity index is 495. The van der Waals surface area contributed by atoms with Crippen molar-refractivity contribution < 1.29 is 0 Å². The Balaban J connectivity index is 2.01. The summed E-state index contributed by atoms with van der Waals surface area (Å²) < 4.78 is 0. The first-order chi connectivity index (χ1) is 8.67. The third-order valence-corrected chi connectivity index (χ3v) is 3.01. The Kier molecular flexibility index (Phi) is 3.98. The van der Waals surface area contributed by atoms with Gasteiger partial charge in [0.1, 0.15) is 0 Å². The van der Waals surface area contributed by atoms with Gasteiger partial charge in [0.25, 0.3) is 0 Å². The summed E-state index contributed by atoms with van der Waals surface area (Å²) in [6.07, 6.45) is 1.09. The lowest BCUT2D eigenvalue weighted by Crippen LogP contribution is -2.01. The Hall–Kier alpha value is -1.83. The van der Waals surface area contributed by atoms with Crippen molar-refractivity contribution in [2.75, 3.05) is 5.32 Å². The zero-order valence-corrected chi connectivity index (χ0v) is 11.3. The Morgan fingerprint density at radius 1 is 0.944 bits per heavy atom. The van der Waals surface area contributed by atoms with Crippen molar-refractivity contribution in [1.82, 2.24) is 4.98 Å². The van der Waals surface area contributed by atoms with Gasteiger partial charge in [-0.15, -0.1) is 0 Å². The number of benzene rings is 1. The van der Waals surface area contributed by atoms with E-state index in [2.05, 4.69) is 53.6 Å². The molecule has 0 atom stereocenters. The number of aryl methyl sites for hydroxylation is 3. The lowest BCUT2D eigenvalue weighted by Gasteiger charge is -2.08. The van der Waals surface area contributed by atoms with Crippen LogP contribution in [0.3, 0.4) is 0 Å². The highest BCUT2D eigenvalue weighted by Gasteiger charge is 1.97. The number of hydrogen-bond acceptors (Lipinski definition) is 2. The van der Waals surface area contributed by atoms with E-state index in [0.29, 0.717) is 0 Å². The van der Waals surface area contributed by atoms with E-state index in [1.807, 2.05) is 13.8 Å². The van der Waals surface area contributed by atoms with Crippen LogP contribution in [0.2, 0.25) is 0 Å². The van der Waals surface area contributed by atoms with Crippen molar-refractivity contribution >= 4 is 5.69 Å². The first-order valence-electron chi connectivity index (χ1n) is 6.44. The van der Waals surface area contributed by atoms with Gasteiger partial charge in [0.2, 0.25) is 0 Å². The summed E-state index contributed by atoms with van der Waals surface area (Å²) in [4.78, 5) is 4.37. The molecule has 2 rings (SSSR count). The molecule has 0 bridgehead atoms. The van der Waals surface area contributed by atoms with Crippen LogP contribution in [0.1, 0.15) is 29.4 Å². The first-order valence-corrected chi connectivity index (χ1v) is 6.44. The van der Waals surface area contributed by atoms with Crippen LogP contribution in [-0.2, 0) is 13.0 Å². The summed E-state index contributed by atoms with van der Waals surface area (Å²) in [6.45, 7) is 7.07. The largest absolute Gasteiger partial charge is 0.381 e. The predicted octanol–water partition coefficient (Wildman–Crippen LogP) is 3.87. The molecule has 0 saturated carbocycles. The second-order valence-corrected chi connectivity index (χ2v) is 4.66. The van der Waals surface area contributed by atoms with Crippen molar-refractivity contribution in [3.8, 4) is 0 Å². The Morgan fingerprint density at radius 3 is 2.06 bits per heavy atom. The van der Waals surface area contributed by atoms with Gasteiger partial charge < -0.3 is 5.32 Å². The van der Waals surface area contributed by atoms with E-state index >= 15 is 0 Å². The van der Waals surface area contributed by atoms with Crippen LogP contribution in [0.5, 0.6) is 0 Å². The number of rotatable bonds is 4. The average molecular weight is 240 g/mol. The van der Waals surface area contributed by atoms with E-state index in [9.17, 15) is 0 Å². The summed E-state index contributed by atoms with van der Waals surface area (Å²) in [7, 11) is 0. The Labute approximate surface area is 109 Å². The summed E-state index contributed by atoms with van der Waals surface area (Å²) in [5, 5.41) is 3.44. The van der Waals surface area contributed by atoms with Crippen molar-refractivity contribution in [2.45, 2.75) is 33.7 Å². The minimum absolute atomic E-state index is 0.854. The summed E-state index contributed by atoms with van der Waals surface area (Å²) >= 11 is 0. The van der Waals surface area contributed by atoms with Gasteiger partial charge in [-0.1, -0.05) is 31.2 Å². The molecule has 2 heteroatoms. The highest BCUT2D eigenvalue weighted by atomic mass is 14.9. The molecule has 1 N–H and O–H groups in total. The molecule has 1 aromatic heterocycles. The maximum atomic E-state index is 4.37. The summed E-state index contributed by atoms with van der Waals surface area (Å²) in [5.41, 5.74) is 5.94. The van der Waals surface area contributed by atoms with Crippen LogP contribution in [0.4, 0.5) is 5.69 Å². The predicted molar refractivity (Wildman–Crippen MR) is 76.9 cm³/mol. The molecule has 0 unspecified atom stereocenters. The SMILES string of the molecule is CCc1ccc(CNc2cc(C)nc(C)c2)cc1. The maximum absolute atomic E-state index is 4.37. The van der Waals surface area contributed by atoms with Crippen LogP contribution >= 0.6 is 0 Å². The minimum atomic E-state index is 0.854. The standard InChI is InChI=1S/C16H20N2/c1-4-14-5-7-15(8-6-14)11-17-16-9-12(2)18-13(3)10-16/h5-10H,4,11H2,1-3H3,(H,17,18). The zero-order chi connectivity index (χ0) is 13.0. The molecular formula is C16H20N2. The number of nitrogens with zero attached hydrogens (tertiary/aromatic N) is 1. The molecule has 0 aliphatic carbocycles. The number of pyridine rings is 1. The fourth-order valence-corrected chi connectivity index (χ4v) is 2.03. The average Bonchev–Trinajstić information content (AvgIpc) is 2.36. The number of anilines is 1. The Morgan fingerprint density at radius 2 is 1.50 bits per heavy atom. The molecule has 0 fully saturated rings. The molecule has 0 aliphatic heterocycles. The molecule has 0 spiro atoms. The number of nitrogens with one attached hydrogen (secondary N) is 1. The fourth-order valence-electron chi connectivity index (χ4n) is 2.03. The van der Waals surface area contributed by atoms with E-state index in [1.54, 1.807) is 0 Å². The fraction of sp³-hybridized carbons (Fsp3) is 0.312. The molecule has 0 amide bonds. The molecule has 0 aliphatic rings. The first kappa shape index (κ1) is 12.6. The van der Waals surface area contributed by atoms with E-state index in [1.165, 1.54) is 11.1 Å². The molecule has 18 heavy (non-hydrogen) atoms. The third kappa shape index (κ3) is 3.33. The zero-order valence-electron chi connectivity index (χ0n) is 11.3. The lowest BCUT2D eigenvalue weighted by atomic mass is 10.1.